The number of phenols is 1. The zero-order valence-corrected chi connectivity index (χ0v) is 10.7. The summed E-state index contributed by atoms with van der Waals surface area (Å²) in [6, 6.07) is 18.0. The van der Waals surface area contributed by atoms with Gasteiger partial charge < -0.3 is 5.11 Å². The van der Waals surface area contributed by atoms with Crippen molar-refractivity contribution in [3.05, 3.63) is 71.9 Å². The van der Waals surface area contributed by atoms with Gasteiger partial charge >= 0.3 is 0 Å². The average Bonchev–Trinajstić information content (AvgIpc) is 2.48. The van der Waals surface area contributed by atoms with Crippen LogP contribution in [0.3, 0.4) is 0 Å². The van der Waals surface area contributed by atoms with Gasteiger partial charge in [0, 0.05) is 23.1 Å². The molecule has 0 aliphatic rings. The van der Waals surface area contributed by atoms with Gasteiger partial charge in [-0.3, -0.25) is 4.98 Å². The van der Waals surface area contributed by atoms with Crippen molar-refractivity contribution >= 4 is 10.9 Å². The Morgan fingerprint density at radius 3 is 2.45 bits per heavy atom. The third-order valence-corrected chi connectivity index (χ3v) is 3.55. The molecule has 1 N–H and O–H groups in total. The summed E-state index contributed by atoms with van der Waals surface area (Å²) in [6.07, 6.45) is 1.71. The molecule has 0 amide bonds. The number of fused-ring (bicyclic) bond motifs is 1. The van der Waals surface area contributed by atoms with Crippen molar-refractivity contribution in [2.45, 2.75) is 20.3 Å². The van der Waals surface area contributed by atoms with Gasteiger partial charge in [0.1, 0.15) is 11.3 Å². The summed E-state index contributed by atoms with van der Waals surface area (Å²) in [5.41, 5.74) is 2.77. The molecule has 2 nitrogen and oxygen atoms in total. The first kappa shape index (κ1) is 14.1. The molecule has 3 aromatic rings. The van der Waals surface area contributed by atoms with Crippen LogP contribution in [0.15, 0.2) is 60.8 Å². The molecular weight excluding hydrogens is 246 g/mol. The number of hydrogen-bond donors (Lipinski definition) is 1. The maximum absolute atomic E-state index is 10.4. The Hall–Kier alpha value is -2.35. The smallest absolute Gasteiger partial charge is 0.145 e. The van der Waals surface area contributed by atoms with Crippen LogP contribution >= 0.6 is 0 Å². The van der Waals surface area contributed by atoms with E-state index in [2.05, 4.69) is 24.0 Å². The number of benzene rings is 2. The van der Waals surface area contributed by atoms with Gasteiger partial charge in [-0.2, -0.15) is 0 Å². The van der Waals surface area contributed by atoms with Gasteiger partial charge in [0.05, 0.1) is 0 Å². The van der Waals surface area contributed by atoms with E-state index in [1.807, 2.05) is 42.5 Å². The van der Waals surface area contributed by atoms with E-state index < -0.39 is 0 Å². The lowest BCUT2D eigenvalue weighted by molar-refractivity contribution is 0.471. The summed E-state index contributed by atoms with van der Waals surface area (Å²) >= 11 is 0. The molecule has 0 bridgehead atoms. The molecule has 1 heterocycles. The molecule has 0 aliphatic heterocycles. The van der Waals surface area contributed by atoms with Crippen LogP contribution in [0.5, 0.6) is 5.75 Å². The van der Waals surface area contributed by atoms with Crippen LogP contribution in [-0.4, -0.2) is 10.1 Å². The molecule has 2 heteroatoms. The number of nitrogens with zero attached hydrogens (tertiary/aromatic N) is 1. The van der Waals surface area contributed by atoms with E-state index in [4.69, 9.17) is 0 Å². The van der Waals surface area contributed by atoms with E-state index in [9.17, 15) is 5.11 Å². The van der Waals surface area contributed by atoms with Gasteiger partial charge in [-0.15, -0.1) is 0 Å². The summed E-state index contributed by atoms with van der Waals surface area (Å²) in [7, 11) is 0. The molecule has 0 saturated carbocycles. The molecule has 0 radical (unpaired) electrons. The van der Waals surface area contributed by atoms with Crippen LogP contribution < -0.4 is 0 Å². The van der Waals surface area contributed by atoms with Crippen LogP contribution in [-0.2, 0) is 0 Å². The molecule has 0 spiro atoms. The molecule has 0 saturated heterocycles. The molecule has 0 fully saturated rings. The second-order valence-corrected chi connectivity index (χ2v) is 4.71. The molecular formula is C18H19NO. The number of phenolic OH excluding ortho intramolecular Hbond substituents is 1. The van der Waals surface area contributed by atoms with Crippen molar-refractivity contribution in [3.63, 3.8) is 0 Å². The Balaban J connectivity index is 0.00000147. The van der Waals surface area contributed by atoms with Gasteiger partial charge in [-0.1, -0.05) is 62.9 Å². The molecule has 20 heavy (non-hydrogen) atoms. The predicted molar refractivity (Wildman–Crippen MR) is 84.1 cm³/mol. The summed E-state index contributed by atoms with van der Waals surface area (Å²) < 4.78 is 0. The van der Waals surface area contributed by atoms with E-state index in [0.717, 1.165) is 10.9 Å². The lowest BCUT2D eigenvalue weighted by Crippen LogP contribution is -1.97. The number of aromatic nitrogens is 1. The average molecular weight is 265 g/mol. The van der Waals surface area contributed by atoms with Gasteiger partial charge in [-0.25, -0.2) is 0 Å². The van der Waals surface area contributed by atoms with Crippen molar-refractivity contribution in [3.8, 4) is 5.75 Å². The third-order valence-electron chi connectivity index (χ3n) is 3.55. The highest BCUT2D eigenvalue weighted by Gasteiger charge is 2.14. The van der Waals surface area contributed by atoms with Crippen molar-refractivity contribution in [2.75, 3.05) is 0 Å². The molecule has 1 unspecified atom stereocenters. The van der Waals surface area contributed by atoms with Crippen LogP contribution in [0.1, 0.15) is 31.4 Å². The number of hydrogen-bond acceptors (Lipinski definition) is 2. The SMILES string of the molecule is C.CC(c1ccccc1)c1ccc2cccnc2c1O. The third kappa shape index (κ3) is 2.37. The minimum atomic E-state index is 0. The highest BCUT2D eigenvalue weighted by Crippen LogP contribution is 2.35. The van der Waals surface area contributed by atoms with Crippen molar-refractivity contribution < 1.29 is 5.11 Å². The molecule has 3 rings (SSSR count). The summed E-state index contributed by atoms with van der Waals surface area (Å²) in [6.45, 7) is 2.10. The van der Waals surface area contributed by atoms with Gasteiger partial charge in [-0.05, 0) is 11.6 Å². The fourth-order valence-electron chi connectivity index (χ4n) is 2.42. The standard InChI is InChI=1S/C17H15NO.CH4/c1-12(13-6-3-2-4-7-13)15-10-9-14-8-5-11-18-16(14)17(15)19;/h2-12,19H,1H3;1H4. The molecule has 1 atom stereocenters. The van der Waals surface area contributed by atoms with Crippen molar-refractivity contribution in [1.82, 2.24) is 4.98 Å². The number of pyridine rings is 1. The summed E-state index contributed by atoms with van der Waals surface area (Å²) in [4.78, 5) is 4.27. The van der Waals surface area contributed by atoms with E-state index in [1.165, 1.54) is 5.56 Å². The van der Waals surface area contributed by atoms with Crippen LogP contribution in [0.25, 0.3) is 10.9 Å². The van der Waals surface area contributed by atoms with Crippen LogP contribution in [0.4, 0.5) is 0 Å². The topological polar surface area (TPSA) is 33.1 Å². The monoisotopic (exact) mass is 265 g/mol. The van der Waals surface area contributed by atoms with E-state index in [1.54, 1.807) is 6.20 Å². The maximum Gasteiger partial charge on any atom is 0.145 e. The fraction of sp³-hybridized carbons (Fsp3) is 0.167. The molecule has 2 aromatic carbocycles. The number of rotatable bonds is 2. The summed E-state index contributed by atoms with van der Waals surface area (Å²) in [5.74, 6) is 0.432. The predicted octanol–water partition coefficient (Wildman–Crippen LogP) is 4.73. The lowest BCUT2D eigenvalue weighted by atomic mass is 9.91. The highest BCUT2D eigenvalue weighted by molar-refractivity contribution is 5.85. The van der Waals surface area contributed by atoms with Crippen molar-refractivity contribution in [2.24, 2.45) is 0 Å². The highest BCUT2D eigenvalue weighted by atomic mass is 16.3. The van der Waals surface area contributed by atoms with Crippen LogP contribution in [0.2, 0.25) is 0 Å². The maximum atomic E-state index is 10.4. The minimum Gasteiger partial charge on any atom is -0.505 e. The van der Waals surface area contributed by atoms with Gasteiger partial charge in [0.15, 0.2) is 0 Å². The van der Waals surface area contributed by atoms with E-state index in [-0.39, 0.29) is 19.1 Å². The zero-order valence-electron chi connectivity index (χ0n) is 10.7. The van der Waals surface area contributed by atoms with E-state index >= 15 is 0 Å². The Kier molecular flexibility index (Phi) is 4.04. The first-order valence-electron chi connectivity index (χ1n) is 6.39. The minimum absolute atomic E-state index is 0. The van der Waals surface area contributed by atoms with E-state index in [0.29, 0.717) is 5.52 Å². The first-order valence-corrected chi connectivity index (χ1v) is 6.39. The first-order chi connectivity index (χ1) is 9.27. The second-order valence-electron chi connectivity index (χ2n) is 4.71. The normalized spacial score (nSPS) is 11.8. The quantitative estimate of drug-likeness (QED) is 0.726. The lowest BCUT2D eigenvalue weighted by Gasteiger charge is -2.15. The van der Waals surface area contributed by atoms with Gasteiger partial charge in [0.2, 0.25) is 0 Å². The molecule has 1 aromatic heterocycles. The largest absolute Gasteiger partial charge is 0.505 e. The van der Waals surface area contributed by atoms with Crippen LogP contribution in [0, 0.1) is 0 Å². The number of aromatic hydroxyl groups is 1. The van der Waals surface area contributed by atoms with Gasteiger partial charge in [0.25, 0.3) is 0 Å². The zero-order chi connectivity index (χ0) is 13.2. The second kappa shape index (κ2) is 5.74. The Morgan fingerprint density at radius 2 is 1.70 bits per heavy atom. The Morgan fingerprint density at radius 1 is 0.950 bits per heavy atom. The Bertz CT molecular complexity index is 707. The Labute approximate surface area is 119 Å². The summed E-state index contributed by atoms with van der Waals surface area (Å²) in [5, 5.41) is 11.4. The van der Waals surface area contributed by atoms with Crippen molar-refractivity contribution in [1.29, 1.82) is 0 Å². The fourth-order valence-corrected chi connectivity index (χ4v) is 2.42. The molecule has 102 valence electrons. The molecule has 0 aliphatic carbocycles.